The van der Waals surface area contributed by atoms with Gasteiger partial charge in [-0.25, -0.2) is 0 Å². The molecule has 0 bridgehead atoms. The van der Waals surface area contributed by atoms with Crippen LogP contribution in [0, 0.1) is 5.41 Å². The van der Waals surface area contributed by atoms with E-state index in [1.54, 1.807) is 7.11 Å². The smallest absolute Gasteiger partial charge is 0.231 e. The first-order valence-corrected chi connectivity index (χ1v) is 6.82. The molecule has 1 aromatic carbocycles. The summed E-state index contributed by atoms with van der Waals surface area (Å²) in [5.74, 6) is 0.918. The summed E-state index contributed by atoms with van der Waals surface area (Å²) in [5.41, 5.74) is 0.656. The molecule has 1 spiro atoms. The van der Waals surface area contributed by atoms with E-state index in [1.165, 1.54) is 0 Å². The Hall–Kier alpha value is -2.04. The highest BCUT2D eigenvalue weighted by molar-refractivity contribution is 5.94. The van der Waals surface area contributed by atoms with E-state index in [4.69, 9.17) is 4.74 Å². The Bertz CT molecular complexity index is 541. The number of piperidine rings is 1. The molecule has 0 aromatic heterocycles. The number of β-lactam (4-membered cyclic amide) rings is 1. The van der Waals surface area contributed by atoms with Gasteiger partial charge in [0.15, 0.2) is 0 Å². The number of nitrogens with one attached hydrogen (secondary N) is 1. The van der Waals surface area contributed by atoms with Gasteiger partial charge in [0.05, 0.1) is 12.5 Å². The lowest BCUT2D eigenvalue weighted by Gasteiger charge is -2.50. The van der Waals surface area contributed by atoms with Gasteiger partial charge in [-0.2, -0.15) is 0 Å². The van der Waals surface area contributed by atoms with Crippen LogP contribution in [0.25, 0.3) is 0 Å². The van der Waals surface area contributed by atoms with E-state index in [0.29, 0.717) is 26.1 Å². The normalized spacial score (nSPS) is 25.4. The number of likely N-dealkylation sites (tertiary alicyclic amines) is 1. The Morgan fingerprint density at radius 3 is 2.65 bits per heavy atom. The third kappa shape index (κ3) is 2.13. The van der Waals surface area contributed by atoms with Crippen molar-refractivity contribution < 1.29 is 14.3 Å². The van der Waals surface area contributed by atoms with Crippen molar-refractivity contribution in [1.29, 1.82) is 0 Å². The fraction of sp³-hybridized carbons (Fsp3) is 0.467. The number of benzene rings is 1. The molecular formula is C15H18N2O3. The second-order valence-corrected chi connectivity index (χ2v) is 5.57. The van der Waals surface area contributed by atoms with Crippen molar-refractivity contribution in [2.45, 2.75) is 19.4 Å². The Kier molecular flexibility index (Phi) is 3.12. The van der Waals surface area contributed by atoms with Crippen LogP contribution in [-0.2, 0) is 16.1 Å². The Labute approximate surface area is 117 Å². The third-order valence-electron chi connectivity index (χ3n) is 4.19. The van der Waals surface area contributed by atoms with Crippen molar-refractivity contribution in [2.24, 2.45) is 5.41 Å². The van der Waals surface area contributed by atoms with Gasteiger partial charge >= 0.3 is 0 Å². The summed E-state index contributed by atoms with van der Waals surface area (Å²) in [6, 6.07) is 7.71. The highest BCUT2D eigenvalue weighted by atomic mass is 16.5. The zero-order valence-electron chi connectivity index (χ0n) is 11.5. The SMILES string of the molecule is COc1ccc(CN2C[C@@]3(CCNC(=O)C3)C2=O)cc1. The molecule has 106 valence electrons. The molecule has 5 heteroatoms. The summed E-state index contributed by atoms with van der Waals surface area (Å²) >= 11 is 0. The Morgan fingerprint density at radius 2 is 2.05 bits per heavy atom. The molecule has 2 amide bonds. The average Bonchev–Trinajstić information content (AvgIpc) is 2.47. The monoisotopic (exact) mass is 274 g/mol. The van der Waals surface area contributed by atoms with Crippen LogP contribution in [0.2, 0.25) is 0 Å². The zero-order chi connectivity index (χ0) is 14.2. The molecule has 2 aliphatic rings. The highest BCUT2D eigenvalue weighted by Gasteiger charge is 2.53. The van der Waals surface area contributed by atoms with Crippen molar-refractivity contribution in [2.75, 3.05) is 20.2 Å². The molecule has 3 rings (SSSR count). The first-order chi connectivity index (χ1) is 9.63. The van der Waals surface area contributed by atoms with Crippen LogP contribution in [0.3, 0.4) is 0 Å². The maximum absolute atomic E-state index is 12.3. The lowest BCUT2D eigenvalue weighted by atomic mass is 9.71. The van der Waals surface area contributed by atoms with Crippen molar-refractivity contribution in [3.05, 3.63) is 29.8 Å². The van der Waals surface area contributed by atoms with Crippen LogP contribution in [0.1, 0.15) is 18.4 Å². The molecule has 1 N–H and O–H groups in total. The molecule has 2 heterocycles. The molecule has 20 heavy (non-hydrogen) atoms. The molecule has 0 radical (unpaired) electrons. The van der Waals surface area contributed by atoms with Gasteiger partial charge in [0.2, 0.25) is 11.8 Å². The van der Waals surface area contributed by atoms with Crippen molar-refractivity contribution >= 4 is 11.8 Å². The van der Waals surface area contributed by atoms with Crippen LogP contribution in [0.4, 0.5) is 0 Å². The van der Waals surface area contributed by atoms with Gasteiger partial charge in [-0.05, 0) is 24.1 Å². The zero-order valence-corrected chi connectivity index (χ0v) is 11.5. The number of hydrogen-bond donors (Lipinski definition) is 1. The number of hydrogen-bond acceptors (Lipinski definition) is 3. The molecule has 2 saturated heterocycles. The summed E-state index contributed by atoms with van der Waals surface area (Å²) in [4.78, 5) is 25.6. The minimum Gasteiger partial charge on any atom is -0.497 e. The number of amides is 2. The van der Waals surface area contributed by atoms with Gasteiger partial charge in [-0.1, -0.05) is 12.1 Å². The molecule has 2 fully saturated rings. The van der Waals surface area contributed by atoms with E-state index < -0.39 is 5.41 Å². The lowest BCUT2D eigenvalue weighted by Crippen LogP contribution is -2.64. The van der Waals surface area contributed by atoms with Crippen LogP contribution < -0.4 is 10.1 Å². The highest BCUT2D eigenvalue weighted by Crippen LogP contribution is 2.41. The number of methoxy groups -OCH3 is 1. The van der Waals surface area contributed by atoms with Gasteiger partial charge in [-0.3, -0.25) is 9.59 Å². The topological polar surface area (TPSA) is 58.6 Å². The predicted molar refractivity (Wildman–Crippen MR) is 73.1 cm³/mol. The maximum Gasteiger partial charge on any atom is 0.231 e. The Balaban J connectivity index is 1.63. The van der Waals surface area contributed by atoms with E-state index >= 15 is 0 Å². The lowest BCUT2D eigenvalue weighted by molar-refractivity contribution is -0.167. The van der Waals surface area contributed by atoms with Crippen LogP contribution in [0.15, 0.2) is 24.3 Å². The van der Waals surface area contributed by atoms with Crippen LogP contribution in [-0.4, -0.2) is 36.9 Å². The number of rotatable bonds is 3. The van der Waals surface area contributed by atoms with E-state index in [9.17, 15) is 9.59 Å². The summed E-state index contributed by atoms with van der Waals surface area (Å²) < 4.78 is 5.11. The summed E-state index contributed by atoms with van der Waals surface area (Å²) in [7, 11) is 1.63. The number of ether oxygens (including phenoxy) is 1. The number of nitrogens with zero attached hydrogens (tertiary/aromatic N) is 1. The van der Waals surface area contributed by atoms with E-state index in [2.05, 4.69) is 5.32 Å². The average molecular weight is 274 g/mol. The van der Waals surface area contributed by atoms with E-state index in [-0.39, 0.29) is 11.8 Å². The van der Waals surface area contributed by atoms with Gasteiger partial charge in [0.1, 0.15) is 5.75 Å². The molecule has 5 nitrogen and oxygen atoms in total. The molecule has 0 unspecified atom stereocenters. The Morgan fingerprint density at radius 1 is 1.30 bits per heavy atom. The van der Waals surface area contributed by atoms with Crippen molar-refractivity contribution in [3.63, 3.8) is 0 Å². The minimum absolute atomic E-state index is 0.00584. The van der Waals surface area contributed by atoms with Crippen molar-refractivity contribution in [1.82, 2.24) is 10.2 Å². The summed E-state index contributed by atoms with van der Waals surface area (Å²) in [6.45, 7) is 1.90. The molecule has 1 aromatic rings. The number of carbonyl (C=O) groups excluding carboxylic acids is 2. The quantitative estimate of drug-likeness (QED) is 0.834. The predicted octanol–water partition coefficient (Wildman–Crippen LogP) is 0.934. The standard InChI is InChI=1S/C15H18N2O3/c1-20-12-4-2-11(3-5-12)9-17-10-15(14(17)19)6-7-16-13(18)8-15/h2-5H,6-10H2,1H3,(H,16,18)/t15-/m0/s1. The molecular weight excluding hydrogens is 256 g/mol. The first-order valence-electron chi connectivity index (χ1n) is 6.82. The van der Waals surface area contributed by atoms with E-state index in [0.717, 1.165) is 17.7 Å². The fourth-order valence-corrected chi connectivity index (χ4v) is 3.04. The molecule has 1 atom stereocenters. The maximum atomic E-state index is 12.3. The summed E-state index contributed by atoms with van der Waals surface area (Å²) in [6.07, 6.45) is 1.10. The molecule has 2 aliphatic heterocycles. The van der Waals surface area contributed by atoms with Crippen LogP contribution >= 0.6 is 0 Å². The second-order valence-electron chi connectivity index (χ2n) is 5.57. The van der Waals surface area contributed by atoms with Gasteiger partial charge in [0, 0.05) is 26.1 Å². The molecule has 0 saturated carbocycles. The third-order valence-corrected chi connectivity index (χ3v) is 4.19. The summed E-state index contributed by atoms with van der Waals surface area (Å²) in [5, 5.41) is 2.78. The van der Waals surface area contributed by atoms with Gasteiger partial charge in [-0.15, -0.1) is 0 Å². The number of carbonyl (C=O) groups is 2. The van der Waals surface area contributed by atoms with Gasteiger partial charge < -0.3 is 15.0 Å². The van der Waals surface area contributed by atoms with E-state index in [1.807, 2.05) is 29.2 Å². The van der Waals surface area contributed by atoms with Gasteiger partial charge in [0.25, 0.3) is 0 Å². The fourth-order valence-electron chi connectivity index (χ4n) is 3.04. The molecule has 0 aliphatic carbocycles. The minimum atomic E-state index is -0.422. The van der Waals surface area contributed by atoms with Crippen molar-refractivity contribution in [3.8, 4) is 5.75 Å². The largest absolute Gasteiger partial charge is 0.497 e. The second kappa shape index (κ2) is 4.81. The van der Waals surface area contributed by atoms with Crippen LogP contribution in [0.5, 0.6) is 5.75 Å². The first kappa shape index (κ1) is 13.0.